The highest BCUT2D eigenvalue weighted by Crippen LogP contribution is 2.35. The second-order valence-corrected chi connectivity index (χ2v) is 5.96. The number of carbonyl (C=O) groups excluding carboxylic acids is 1. The summed E-state index contributed by atoms with van der Waals surface area (Å²) in [7, 11) is 0. The Bertz CT molecular complexity index is 669. The van der Waals surface area contributed by atoms with Crippen LogP contribution in [0.4, 0.5) is 0 Å². The first-order chi connectivity index (χ1) is 10.0. The second kappa shape index (κ2) is 6.73. The summed E-state index contributed by atoms with van der Waals surface area (Å²) in [5.41, 5.74) is 7.10. The van der Waals surface area contributed by atoms with Crippen LogP contribution in [0.3, 0.4) is 0 Å². The van der Waals surface area contributed by atoms with Gasteiger partial charge in [0, 0.05) is 35.7 Å². The third-order valence-corrected chi connectivity index (χ3v) is 4.46. The molecule has 0 spiro atoms. The molecule has 0 aliphatic heterocycles. The van der Waals surface area contributed by atoms with Gasteiger partial charge in [0.2, 0.25) is 12.5 Å². The molecular formula is C14H17N3O3S. The fourth-order valence-corrected chi connectivity index (χ4v) is 3.32. The smallest absolute Gasteiger partial charge is 0.227 e. The second-order valence-electron chi connectivity index (χ2n) is 4.65. The number of hydrogen-bond acceptors (Lipinski definition) is 5. The molecule has 0 radical (unpaired) electrons. The van der Waals surface area contributed by atoms with Crippen molar-refractivity contribution in [2.45, 2.75) is 12.2 Å². The fourth-order valence-electron chi connectivity index (χ4n) is 2.31. The molecule has 2 N–H and O–H groups in total. The Morgan fingerprint density at radius 2 is 2.19 bits per heavy atom. The predicted octanol–water partition coefficient (Wildman–Crippen LogP) is 2.31. The van der Waals surface area contributed by atoms with Crippen molar-refractivity contribution in [1.82, 2.24) is 4.57 Å². The molecule has 0 bridgehead atoms. The largest absolute Gasteiger partial charge is 0.330 e. The van der Waals surface area contributed by atoms with Crippen LogP contribution in [0.5, 0.6) is 0 Å². The van der Waals surface area contributed by atoms with Crippen LogP contribution in [0, 0.1) is 10.1 Å². The van der Waals surface area contributed by atoms with Gasteiger partial charge in [-0.25, -0.2) is 0 Å². The van der Waals surface area contributed by atoms with Gasteiger partial charge in [-0.2, -0.15) is 0 Å². The maximum atomic E-state index is 11.7. The van der Waals surface area contributed by atoms with Crippen molar-refractivity contribution >= 4 is 28.6 Å². The number of fused-ring (bicyclic) bond motifs is 1. The highest BCUT2D eigenvalue weighted by atomic mass is 32.2. The molecule has 6 nitrogen and oxygen atoms in total. The molecule has 2 aromatic rings. The Balaban J connectivity index is 2.51. The number of benzene rings is 1. The summed E-state index contributed by atoms with van der Waals surface area (Å²) in [5.74, 6) is 0.527. The summed E-state index contributed by atoms with van der Waals surface area (Å²) in [5, 5.41) is 11.5. The van der Waals surface area contributed by atoms with Crippen LogP contribution in [-0.4, -0.2) is 34.2 Å². The molecule has 1 aromatic heterocycles. The van der Waals surface area contributed by atoms with Gasteiger partial charge < -0.3 is 5.73 Å². The van der Waals surface area contributed by atoms with E-state index in [1.807, 2.05) is 24.3 Å². The molecule has 21 heavy (non-hydrogen) atoms. The molecule has 1 heterocycles. The average Bonchev–Trinajstić information content (AvgIpc) is 2.83. The Labute approximate surface area is 126 Å². The molecule has 1 aromatic carbocycles. The highest BCUT2D eigenvalue weighted by molar-refractivity contribution is 7.99. The van der Waals surface area contributed by atoms with E-state index in [4.69, 9.17) is 5.73 Å². The Hall–Kier alpha value is -1.86. The van der Waals surface area contributed by atoms with Gasteiger partial charge in [-0.3, -0.25) is 19.5 Å². The van der Waals surface area contributed by atoms with Gasteiger partial charge in [0.25, 0.3) is 0 Å². The number of rotatable bonds is 6. The Kier molecular flexibility index (Phi) is 4.98. The van der Waals surface area contributed by atoms with Crippen molar-refractivity contribution in [3.63, 3.8) is 0 Å². The van der Waals surface area contributed by atoms with E-state index in [1.165, 1.54) is 18.7 Å². The number of nitro groups is 1. The number of hydrogen-bond donors (Lipinski definition) is 1. The zero-order valence-corrected chi connectivity index (χ0v) is 12.5. The maximum Gasteiger partial charge on any atom is 0.227 e. The molecule has 0 saturated carbocycles. The first-order valence-electron chi connectivity index (χ1n) is 6.59. The van der Waals surface area contributed by atoms with E-state index in [1.54, 1.807) is 10.8 Å². The summed E-state index contributed by atoms with van der Waals surface area (Å²) in [6.45, 7) is 1.76. The van der Waals surface area contributed by atoms with E-state index in [2.05, 4.69) is 0 Å². The average molecular weight is 307 g/mol. The molecule has 7 heteroatoms. The highest BCUT2D eigenvalue weighted by Gasteiger charge is 2.23. The van der Waals surface area contributed by atoms with Crippen LogP contribution in [0.15, 0.2) is 30.5 Å². The van der Waals surface area contributed by atoms with Crippen LogP contribution in [0.1, 0.15) is 22.5 Å². The monoisotopic (exact) mass is 307 g/mol. The molecule has 112 valence electrons. The topological polar surface area (TPSA) is 91.2 Å². The lowest BCUT2D eigenvalue weighted by molar-refractivity contribution is -0.479. The van der Waals surface area contributed by atoms with Gasteiger partial charge in [-0.05, 0) is 11.6 Å². The van der Waals surface area contributed by atoms with E-state index < -0.39 is 0 Å². The van der Waals surface area contributed by atoms with Gasteiger partial charge in [0.1, 0.15) is 0 Å². The zero-order chi connectivity index (χ0) is 15.4. The number of nitrogens with two attached hydrogens (primary N) is 1. The lowest BCUT2D eigenvalue weighted by atomic mass is 10.1. The van der Waals surface area contributed by atoms with Crippen LogP contribution < -0.4 is 5.73 Å². The number of aromatic nitrogens is 1. The Morgan fingerprint density at radius 3 is 2.81 bits per heavy atom. The molecule has 0 unspecified atom stereocenters. The van der Waals surface area contributed by atoms with Gasteiger partial charge >= 0.3 is 0 Å². The lowest BCUT2D eigenvalue weighted by Crippen LogP contribution is -2.12. The van der Waals surface area contributed by atoms with E-state index in [0.717, 1.165) is 16.5 Å². The van der Waals surface area contributed by atoms with E-state index >= 15 is 0 Å². The van der Waals surface area contributed by atoms with Gasteiger partial charge in [-0.1, -0.05) is 18.2 Å². The molecule has 1 atom stereocenters. The van der Waals surface area contributed by atoms with Gasteiger partial charge in [0.05, 0.1) is 10.8 Å². The summed E-state index contributed by atoms with van der Waals surface area (Å²) >= 11 is 1.45. The van der Waals surface area contributed by atoms with E-state index in [0.29, 0.717) is 12.3 Å². The van der Waals surface area contributed by atoms with Crippen molar-refractivity contribution in [3.05, 3.63) is 46.1 Å². The van der Waals surface area contributed by atoms with Crippen molar-refractivity contribution in [2.24, 2.45) is 5.73 Å². The SMILES string of the molecule is CC(=O)n1cc([C@@H](C[N+](=O)[O-])SCCN)c2ccccc21. The Morgan fingerprint density at radius 1 is 1.48 bits per heavy atom. The molecule has 0 fully saturated rings. The minimum absolute atomic E-state index is 0.110. The standard InChI is InChI=1S/C14H17N3O3S/c1-10(18)16-8-12(11-4-2-3-5-13(11)16)14(9-17(19)20)21-7-6-15/h2-5,8,14H,6-7,9,15H2,1H3/t14-/m1/s1. The normalized spacial score (nSPS) is 12.5. The van der Waals surface area contributed by atoms with Crippen LogP contribution in [0.25, 0.3) is 10.9 Å². The minimum atomic E-state index is -0.325. The number of carbonyl (C=O) groups is 1. The third kappa shape index (κ3) is 3.43. The molecular weight excluding hydrogens is 290 g/mol. The molecule has 0 aliphatic rings. The third-order valence-electron chi connectivity index (χ3n) is 3.18. The van der Waals surface area contributed by atoms with Crippen LogP contribution in [0.2, 0.25) is 0 Å². The van der Waals surface area contributed by atoms with E-state index in [-0.39, 0.29) is 22.6 Å². The van der Waals surface area contributed by atoms with Crippen LogP contribution in [-0.2, 0) is 0 Å². The summed E-state index contributed by atoms with van der Waals surface area (Å²) in [6, 6.07) is 7.45. The lowest BCUT2D eigenvalue weighted by Gasteiger charge is -2.11. The summed E-state index contributed by atoms with van der Waals surface area (Å²) in [6.07, 6.45) is 1.71. The van der Waals surface area contributed by atoms with Crippen molar-refractivity contribution in [3.8, 4) is 0 Å². The maximum absolute atomic E-state index is 11.7. The van der Waals surface area contributed by atoms with Crippen molar-refractivity contribution in [1.29, 1.82) is 0 Å². The van der Waals surface area contributed by atoms with Crippen molar-refractivity contribution < 1.29 is 9.72 Å². The molecule has 0 aliphatic carbocycles. The zero-order valence-electron chi connectivity index (χ0n) is 11.7. The molecule has 2 rings (SSSR count). The molecule has 0 saturated heterocycles. The van der Waals surface area contributed by atoms with Gasteiger partial charge in [-0.15, -0.1) is 11.8 Å². The number of para-hydroxylation sites is 1. The predicted molar refractivity (Wildman–Crippen MR) is 84.4 cm³/mol. The fraction of sp³-hybridized carbons (Fsp3) is 0.357. The number of nitrogens with zero attached hydrogens (tertiary/aromatic N) is 2. The summed E-state index contributed by atoms with van der Waals surface area (Å²) < 4.78 is 1.54. The minimum Gasteiger partial charge on any atom is -0.330 e. The quantitative estimate of drug-likeness (QED) is 0.653. The molecule has 0 amide bonds. The first kappa shape index (κ1) is 15.5. The van der Waals surface area contributed by atoms with Gasteiger partial charge in [0.15, 0.2) is 0 Å². The summed E-state index contributed by atoms with van der Waals surface area (Å²) in [4.78, 5) is 22.3. The van der Waals surface area contributed by atoms with E-state index in [9.17, 15) is 14.9 Å². The first-order valence-corrected chi connectivity index (χ1v) is 7.64. The van der Waals surface area contributed by atoms with Crippen molar-refractivity contribution in [2.75, 3.05) is 18.8 Å². The van der Waals surface area contributed by atoms with Crippen LogP contribution >= 0.6 is 11.8 Å². The number of thioether (sulfide) groups is 1.